The lowest BCUT2D eigenvalue weighted by Crippen LogP contribution is -2.28. The highest BCUT2D eigenvalue weighted by Crippen LogP contribution is 2.30. The van der Waals surface area contributed by atoms with Crippen molar-refractivity contribution in [2.45, 2.75) is 44.4 Å². The van der Waals surface area contributed by atoms with Gasteiger partial charge in [0.25, 0.3) is 0 Å². The van der Waals surface area contributed by atoms with Crippen molar-refractivity contribution < 1.29 is 10.2 Å². The van der Waals surface area contributed by atoms with Gasteiger partial charge in [0, 0.05) is 11.6 Å². The number of nitrogens with zero attached hydrogens (tertiary/aromatic N) is 3. The number of hydrogen-bond donors (Lipinski definition) is 3. The molecule has 1 aromatic carbocycles. The van der Waals surface area contributed by atoms with Gasteiger partial charge in [0.1, 0.15) is 0 Å². The maximum Gasteiger partial charge on any atom is 0.214 e. The fourth-order valence-electron chi connectivity index (χ4n) is 3.24. The lowest BCUT2D eigenvalue weighted by atomic mass is 9.93. The van der Waals surface area contributed by atoms with Crippen molar-refractivity contribution in [1.29, 1.82) is 0 Å². The van der Waals surface area contributed by atoms with Crippen molar-refractivity contribution in [2.24, 2.45) is 0 Å². The van der Waals surface area contributed by atoms with Crippen molar-refractivity contribution >= 4 is 21.4 Å². The summed E-state index contributed by atoms with van der Waals surface area (Å²) in [7, 11) is 0. The van der Waals surface area contributed by atoms with E-state index in [1.165, 1.54) is 11.3 Å². The monoisotopic (exact) mass is 344 g/mol. The van der Waals surface area contributed by atoms with Crippen molar-refractivity contribution in [3.05, 3.63) is 36.0 Å². The quantitative estimate of drug-likeness (QED) is 0.678. The zero-order valence-corrected chi connectivity index (χ0v) is 14.0. The first-order valence-electron chi connectivity index (χ1n) is 8.23. The van der Waals surface area contributed by atoms with Crippen LogP contribution in [0.15, 0.2) is 30.5 Å². The van der Waals surface area contributed by atoms with Crippen LogP contribution < -0.4 is 5.32 Å². The second-order valence-electron chi connectivity index (χ2n) is 6.21. The molecule has 0 unspecified atom stereocenters. The molecule has 0 radical (unpaired) electrons. The summed E-state index contributed by atoms with van der Waals surface area (Å²) < 4.78 is 1.83. The molecule has 24 heavy (non-hydrogen) atoms. The number of aromatic nitrogens is 3. The summed E-state index contributed by atoms with van der Waals surface area (Å²) in [6.45, 7) is -0.0109. The number of benzene rings is 1. The summed E-state index contributed by atoms with van der Waals surface area (Å²) in [5.41, 5.74) is 2.70. The minimum atomic E-state index is -0.154. The van der Waals surface area contributed by atoms with Crippen LogP contribution in [0.1, 0.15) is 31.2 Å². The highest BCUT2D eigenvalue weighted by Gasteiger charge is 2.21. The number of aliphatic hydroxyl groups is 2. The number of aliphatic hydroxyl groups excluding tert-OH is 2. The third kappa shape index (κ3) is 2.90. The molecule has 1 aliphatic carbocycles. The summed E-state index contributed by atoms with van der Waals surface area (Å²) in [4.78, 5) is 5.28. The van der Waals surface area contributed by atoms with Gasteiger partial charge in [-0.15, -0.1) is 5.10 Å². The van der Waals surface area contributed by atoms with Crippen molar-refractivity contribution in [3.63, 3.8) is 0 Å². The molecule has 3 N–H and O–H groups in total. The molecular formula is C17H20N4O2S. The van der Waals surface area contributed by atoms with E-state index in [1.807, 2.05) is 28.8 Å². The molecule has 2 heterocycles. The Labute approximate surface area is 143 Å². The number of imidazole rings is 1. The average Bonchev–Trinajstić information content (AvgIpc) is 3.17. The van der Waals surface area contributed by atoms with Gasteiger partial charge >= 0.3 is 0 Å². The van der Waals surface area contributed by atoms with Gasteiger partial charge in [-0.25, -0.2) is 9.50 Å². The maximum atomic E-state index is 9.61. The Morgan fingerprint density at radius 1 is 1.21 bits per heavy atom. The van der Waals surface area contributed by atoms with Crippen LogP contribution in [0.25, 0.3) is 16.2 Å². The standard InChI is InChI=1S/C17H20N4O2S/c22-10-11-3-1-2-4-14(11)15-9-18-17-21(15)20-16(24-17)19-12-5-7-13(23)8-6-12/h1-4,9,12-13,22-23H,5-8,10H2,(H,19,20). The molecule has 1 aliphatic rings. The van der Waals surface area contributed by atoms with Crippen LogP contribution in [-0.2, 0) is 6.61 Å². The van der Waals surface area contributed by atoms with E-state index in [0.29, 0.717) is 6.04 Å². The Morgan fingerprint density at radius 3 is 2.79 bits per heavy atom. The van der Waals surface area contributed by atoms with Crippen molar-refractivity contribution in [1.82, 2.24) is 14.6 Å². The molecule has 0 amide bonds. The van der Waals surface area contributed by atoms with Gasteiger partial charge < -0.3 is 15.5 Å². The van der Waals surface area contributed by atoms with E-state index in [0.717, 1.165) is 52.6 Å². The zero-order valence-electron chi connectivity index (χ0n) is 13.2. The van der Waals surface area contributed by atoms with Gasteiger partial charge in [0.2, 0.25) is 10.1 Å². The van der Waals surface area contributed by atoms with Crippen molar-refractivity contribution in [3.8, 4) is 11.3 Å². The maximum absolute atomic E-state index is 9.61. The predicted octanol–water partition coefficient (Wildman–Crippen LogP) is 2.67. The molecule has 6 nitrogen and oxygen atoms in total. The van der Waals surface area contributed by atoms with Gasteiger partial charge in [-0.05, 0) is 31.2 Å². The molecule has 0 bridgehead atoms. The highest BCUT2D eigenvalue weighted by atomic mass is 32.1. The van der Waals surface area contributed by atoms with Crippen LogP contribution >= 0.6 is 11.3 Å². The summed E-state index contributed by atoms with van der Waals surface area (Å²) >= 11 is 1.53. The van der Waals surface area contributed by atoms with Crippen LogP contribution in [0.5, 0.6) is 0 Å². The van der Waals surface area contributed by atoms with E-state index in [-0.39, 0.29) is 12.7 Å². The molecule has 7 heteroatoms. The van der Waals surface area contributed by atoms with Crippen LogP contribution in [-0.4, -0.2) is 37.0 Å². The van der Waals surface area contributed by atoms with Gasteiger partial charge in [-0.3, -0.25) is 0 Å². The molecule has 1 saturated carbocycles. The number of anilines is 1. The van der Waals surface area contributed by atoms with Crippen LogP contribution in [0.2, 0.25) is 0 Å². The Kier molecular flexibility index (Phi) is 4.22. The molecular weight excluding hydrogens is 324 g/mol. The average molecular weight is 344 g/mol. The summed E-state index contributed by atoms with van der Waals surface area (Å²) in [6.07, 6.45) is 5.25. The zero-order chi connectivity index (χ0) is 16.5. The number of fused-ring (bicyclic) bond motifs is 1. The smallest absolute Gasteiger partial charge is 0.214 e. The van der Waals surface area contributed by atoms with E-state index in [1.54, 1.807) is 6.20 Å². The van der Waals surface area contributed by atoms with E-state index in [4.69, 9.17) is 0 Å². The predicted molar refractivity (Wildman–Crippen MR) is 94.1 cm³/mol. The highest BCUT2D eigenvalue weighted by molar-refractivity contribution is 7.20. The second kappa shape index (κ2) is 6.51. The van der Waals surface area contributed by atoms with E-state index in [2.05, 4.69) is 15.4 Å². The molecule has 1 fully saturated rings. The first-order valence-corrected chi connectivity index (χ1v) is 9.04. The van der Waals surface area contributed by atoms with Crippen molar-refractivity contribution in [2.75, 3.05) is 5.32 Å². The van der Waals surface area contributed by atoms with E-state index in [9.17, 15) is 10.2 Å². The Balaban J connectivity index is 1.62. The first kappa shape index (κ1) is 15.6. The molecule has 0 atom stereocenters. The van der Waals surface area contributed by atoms with E-state index < -0.39 is 0 Å². The van der Waals surface area contributed by atoms with Gasteiger partial charge in [-0.1, -0.05) is 35.6 Å². The van der Waals surface area contributed by atoms with Crippen LogP contribution in [0, 0.1) is 0 Å². The Morgan fingerprint density at radius 2 is 2.00 bits per heavy atom. The topological polar surface area (TPSA) is 82.7 Å². The Hall–Kier alpha value is -1.96. The minimum Gasteiger partial charge on any atom is -0.393 e. The molecule has 0 aliphatic heterocycles. The molecule has 2 aromatic heterocycles. The third-order valence-corrected chi connectivity index (χ3v) is 5.43. The molecule has 0 saturated heterocycles. The van der Waals surface area contributed by atoms with E-state index >= 15 is 0 Å². The summed E-state index contributed by atoms with van der Waals surface area (Å²) in [6, 6.07) is 8.11. The third-order valence-electron chi connectivity index (χ3n) is 4.57. The summed E-state index contributed by atoms with van der Waals surface area (Å²) in [5, 5.41) is 28.1. The first-order chi connectivity index (χ1) is 11.7. The second-order valence-corrected chi connectivity index (χ2v) is 7.17. The Bertz CT molecular complexity index is 836. The molecule has 126 valence electrons. The lowest BCUT2D eigenvalue weighted by Gasteiger charge is -2.25. The van der Waals surface area contributed by atoms with Crippen LogP contribution in [0.4, 0.5) is 5.13 Å². The fraction of sp³-hybridized carbons (Fsp3) is 0.412. The number of rotatable bonds is 4. The molecule has 3 aromatic rings. The van der Waals surface area contributed by atoms with Crippen LogP contribution in [0.3, 0.4) is 0 Å². The normalized spacial score (nSPS) is 21.2. The SMILES string of the molecule is OCc1ccccc1-c1cnc2sc(NC3CCC(O)CC3)nn12. The molecule has 4 rings (SSSR count). The van der Waals surface area contributed by atoms with Gasteiger partial charge in [0.15, 0.2) is 0 Å². The largest absolute Gasteiger partial charge is 0.393 e. The van der Waals surface area contributed by atoms with Gasteiger partial charge in [0.05, 0.1) is 24.6 Å². The lowest BCUT2D eigenvalue weighted by molar-refractivity contribution is 0.126. The molecule has 0 spiro atoms. The number of nitrogens with one attached hydrogen (secondary N) is 1. The fourth-order valence-corrected chi connectivity index (χ4v) is 4.09. The number of hydrogen-bond acceptors (Lipinski definition) is 6. The van der Waals surface area contributed by atoms with Gasteiger partial charge in [-0.2, -0.15) is 0 Å². The minimum absolute atomic E-state index is 0.0109. The summed E-state index contributed by atoms with van der Waals surface area (Å²) in [5.74, 6) is 0.